The van der Waals surface area contributed by atoms with Crippen molar-refractivity contribution in [2.75, 3.05) is 25.5 Å². The molecule has 3 rings (SSSR count). The van der Waals surface area contributed by atoms with Crippen LogP contribution in [-0.4, -0.2) is 36.9 Å². The molecule has 2 amide bonds. The lowest BCUT2D eigenvalue weighted by Crippen LogP contribution is -2.27. The number of nitrogens with zero attached hydrogens (tertiary/aromatic N) is 1. The average Bonchev–Trinajstić information content (AvgIpc) is 2.66. The molecule has 1 heterocycles. The zero-order valence-electron chi connectivity index (χ0n) is 12.8. The summed E-state index contributed by atoms with van der Waals surface area (Å²) in [7, 11) is 1.71. The van der Waals surface area contributed by atoms with Crippen molar-refractivity contribution in [1.82, 2.24) is 4.90 Å². The number of fused-ring (bicyclic) bond motifs is 1. The van der Waals surface area contributed by atoms with Crippen LogP contribution in [0.15, 0.2) is 36.4 Å². The van der Waals surface area contributed by atoms with Gasteiger partial charge in [0.05, 0.1) is 12.1 Å². The van der Waals surface area contributed by atoms with Crippen LogP contribution in [0.3, 0.4) is 0 Å². The zero-order chi connectivity index (χ0) is 17.3. The Bertz CT molecular complexity index is 803. The average molecular weight is 365 g/mol. The summed E-state index contributed by atoms with van der Waals surface area (Å²) in [6.45, 7) is 0.943. The Morgan fingerprint density at radius 3 is 2.58 bits per heavy atom. The molecule has 2 aromatic rings. The van der Waals surface area contributed by atoms with Crippen LogP contribution in [0.4, 0.5) is 5.69 Å². The second kappa shape index (κ2) is 6.71. The molecule has 0 unspecified atom stereocenters. The van der Waals surface area contributed by atoms with E-state index < -0.39 is 0 Å². The van der Waals surface area contributed by atoms with Gasteiger partial charge in [0.15, 0.2) is 0 Å². The lowest BCUT2D eigenvalue weighted by Gasteiger charge is -2.13. The van der Waals surface area contributed by atoms with E-state index in [2.05, 4.69) is 5.32 Å². The molecule has 1 N–H and O–H groups in total. The van der Waals surface area contributed by atoms with Gasteiger partial charge < -0.3 is 15.0 Å². The molecule has 0 spiro atoms. The van der Waals surface area contributed by atoms with E-state index in [1.807, 2.05) is 0 Å². The van der Waals surface area contributed by atoms with Gasteiger partial charge in [-0.05, 0) is 36.4 Å². The Morgan fingerprint density at radius 1 is 1.17 bits per heavy atom. The highest BCUT2D eigenvalue weighted by Crippen LogP contribution is 2.27. The summed E-state index contributed by atoms with van der Waals surface area (Å²) in [5, 5.41) is 3.49. The first kappa shape index (κ1) is 16.6. The van der Waals surface area contributed by atoms with E-state index in [-0.39, 0.29) is 11.8 Å². The van der Waals surface area contributed by atoms with Crippen LogP contribution in [0, 0.1) is 0 Å². The summed E-state index contributed by atoms with van der Waals surface area (Å²) >= 11 is 11.8. The van der Waals surface area contributed by atoms with E-state index in [9.17, 15) is 9.59 Å². The molecule has 124 valence electrons. The van der Waals surface area contributed by atoms with E-state index >= 15 is 0 Å². The number of hydrogen-bond acceptors (Lipinski definition) is 3. The maximum absolute atomic E-state index is 12.3. The molecule has 24 heavy (non-hydrogen) atoms. The van der Waals surface area contributed by atoms with Crippen LogP contribution in [0.25, 0.3) is 0 Å². The second-order valence-corrected chi connectivity index (χ2v) is 6.27. The van der Waals surface area contributed by atoms with Gasteiger partial charge in [-0.2, -0.15) is 0 Å². The number of amides is 2. The zero-order valence-corrected chi connectivity index (χ0v) is 14.3. The molecule has 5 nitrogen and oxygen atoms in total. The van der Waals surface area contributed by atoms with E-state index in [0.29, 0.717) is 45.8 Å². The number of nitrogens with one attached hydrogen (secondary N) is 1. The number of benzene rings is 2. The molecule has 0 bridgehead atoms. The Kier molecular flexibility index (Phi) is 4.64. The number of carbonyl (C=O) groups excluding carboxylic acids is 2. The Balaban J connectivity index is 1.87. The molecular weight excluding hydrogens is 351 g/mol. The SMILES string of the molecule is CN1CCOc2ccc(NC(=O)c3cc(Cl)cc(Cl)c3)cc2C1=O. The third kappa shape index (κ3) is 3.47. The van der Waals surface area contributed by atoms with Crippen LogP contribution in [0.5, 0.6) is 5.75 Å². The van der Waals surface area contributed by atoms with Crippen molar-refractivity contribution >= 4 is 40.7 Å². The maximum Gasteiger partial charge on any atom is 0.257 e. The molecule has 0 fully saturated rings. The van der Waals surface area contributed by atoms with Crippen molar-refractivity contribution in [1.29, 1.82) is 0 Å². The van der Waals surface area contributed by atoms with Crippen molar-refractivity contribution in [2.45, 2.75) is 0 Å². The molecule has 7 heteroatoms. The first-order valence-corrected chi connectivity index (χ1v) is 7.99. The molecule has 1 aliphatic rings. The lowest BCUT2D eigenvalue weighted by molar-refractivity contribution is 0.0796. The van der Waals surface area contributed by atoms with E-state index in [1.165, 1.54) is 12.1 Å². The van der Waals surface area contributed by atoms with Crippen LogP contribution >= 0.6 is 23.2 Å². The minimum absolute atomic E-state index is 0.149. The van der Waals surface area contributed by atoms with Crippen LogP contribution in [0.2, 0.25) is 10.0 Å². The highest BCUT2D eigenvalue weighted by Gasteiger charge is 2.21. The van der Waals surface area contributed by atoms with E-state index in [1.54, 1.807) is 36.2 Å². The lowest BCUT2D eigenvalue weighted by atomic mass is 10.1. The molecule has 0 aromatic heterocycles. The smallest absolute Gasteiger partial charge is 0.257 e. The van der Waals surface area contributed by atoms with E-state index in [0.717, 1.165) is 0 Å². The van der Waals surface area contributed by atoms with Crippen molar-refractivity contribution in [3.05, 3.63) is 57.6 Å². The fraction of sp³-hybridized carbons (Fsp3) is 0.176. The van der Waals surface area contributed by atoms with Gasteiger partial charge in [0, 0.05) is 28.3 Å². The standard InChI is InChI=1S/C17H14Cl2N2O3/c1-21-4-5-24-15-3-2-13(9-14(15)17(21)23)20-16(22)10-6-11(18)8-12(19)7-10/h2-3,6-9H,4-5H2,1H3,(H,20,22). The minimum atomic E-state index is -0.366. The third-order valence-corrected chi connectivity index (χ3v) is 4.06. The predicted octanol–water partition coefficient (Wildman–Crippen LogP) is 3.71. The summed E-state index contributed by atoms with van der Waals surface area (Å²) in [4.78, 5) is 26.3. The number of hydrogen-bond donors (Lipinski definition) is 1. The number of ether oxygens (including phenoxy) is 1. The minimum Gasteiger partial charge on any atom is -0.491 e. The van der Waals surface area contributed by atoms with Crippen molar-refractivity contribution in [2.24, 2.45) is 0 Å². The summed E-state index contributed by atoms with van der Waals surface area (Å²) < 4.78 is 5.56. The van der Waals surface area contributed by atoms with Gasteiger partial charge in [-0.3, -0.25) is 9.59 Å². The molecule has 2 aromatic carbocycles. The van der Waals surface area contributed by atoms with Gasteiger partial charge in [-0.1, -0.05) is 23.2 Å². The van der Waals surface area contributed by atoms with Crippen LogP contribution < -0.4 is 10.1 Å². The summed E-state index contributed by atoms with van der Waals surface area (Å²) in [6, 6.07) is 9.55. The fourth-order valence-corrected chi connectivity index (χ4v) is 2.91. The normalized spacial score (nSPS) is 13.8. The number of anilines is 1. The first-order valence-electron chi connectivity index (χ1n) is 7.24. The summed E-state index contributed by atoms with van der Waals surface area (Å²) in [5.41, 5.74) is 1.24. The van der Waals surface area contributed by atoms with Crippen molar-refractivity contribution in [3.8, 4) is 5.75 Å². The number of rotatable bonds is 2. The Labute approximate surface area is 149 Å². The van der Waals surface area contributed by atoms with Crippen molar-refractivity contribution in [3.63, 3.8) is 0 Å². The van der Waals surface area contributed by atoms with Crippen molar-refractivity contribution < 1.29 is 14.3 Å². The van der Waals surface area contributed by atoms with Gasteiger partial charge in [0.2, 0.25) is 0 Å². The highest BCUT2D eigenvalue weighted by molar-refractivity contribution is 6.35. The third-order valence-electron chi connectivity index (χ3n) is 3.62. The van der Waals surface area contributed by atoms with Crippen LogP contribution in [-0.2, 0) is 0 Å². The quantitative estimate of drug-likeness (QED) is 0.883. The van der Waals surface area contributed by atoms with Gasteiger partial charge >= 0.3 is 0 Å². The van der Waals surface area contributed by atoms with Gasteiger partial charge in [0.1, 0.15) is 12.4 Å². The topological polar surface area (TPSA) is 58.6 Å². The molecule has 0 saturated heterocycles. The molecule has 0 atom stereocenters. The number of carbonyl (C=O) groups is 2. The number of likely N-dealkylation sites (N-methyl/N-ethyl adjacent to an activating group) is 1. The Hall–Kier alpha value is -2.24. The second-order valence-electron chi connectivity index (χ2n) is 5.40. The van der Waals surface area contributed by atoms with Gasteiger partial charge in [-0.15, -0.1) is 0 Å². The van der Waals surface area contributed by atoms with Gasteiger partial charge in [0.25, 0.3) is 11.8 Å². The van der Waals surface area contributed by atoms with Crippen LogP contribution in [0.1, 0.15) is 20.7 Å². The molecule has 0 radical (unpaired) electrons. The van der Waals surface area contributed by atoms with Gasteiger partial charge in [-0.25, -0.2) is 0 Å². The molecule has 0 saturated carbocycles. The first-order chi connectivity index (χ1) is 11.4. The number of halogens is 2. The monoisotopic (exact) mass is 364 g/mol. The maximum atomic E-state index is 12.3. The summed E-state index contributed by atoms with van der Waals surface area (Å²) in [5.74, 6) is -0.00718. The molecule has 0 aliphatic carbocycles. The molecule has 1 aliphatic heterocycles. The van der Waals surface area contributed by atoms with E-state index in [4.69, 9.17) is 27.9 Å². The highest BCUT2D eigenvalue weighted by atomic mass is 35.5. The molecular formula is C17H14Cl2N2O3. The fourth-order valence-electron chi connectivity index (χ4n) is 2.39. The predicted molar refractivity (Wildman–Crippen MR) is 93.3 cm³/mol. The summed E-state index contributed by atoms with van der Waals surface area (Å²) in [6.07, 6.45) is 0. The Morgan fingerprint density at radius 2 is 1.88 bits per heavy atom. The largest absolute Gasteiger partial charge is 0.491 e.